The molecule has 4 N–H and O–H groups in total. The maximum Gasteiger partial charge on any atom is 0.333 e. The van der Waals surface area contributed by atoms with Gasteiger partial charge in [0, 0.05) is 23.7 Å². The lowest BCUT2D eigenvalue weighted by molar-refractivity contribution is -0.0848. The third-order valence-electron chi connectivity index (χ3n) is 7.97. The van der Waals surface area contributed by atoms with Crippen molar-refractivity contribution in [3.8, 4) is 11.6 Å². The van der Waals surface area contributed by atoms with E-state index in [4.69, 9.17) is 15.2 Å². The largest absolute Gasteiger partial charge is 0.491 e. The van der Waals surface area contributed by atoms with Crippen molar-refractivity contribution in [3.63, 3.8) is 0 Å². The van der Waals surface area contributed by atoms with Gasteiger partial charge in [-0.25, -0.2) is 9.20 Å². The van der Waals surface area contributed by atoms with E-state index in [1.165, 1.54) is 12.1 Å². The number of nitrogens with two attached hydrogens (primary N) is 1. The molecule has 0 atom stereocenters. The predicted molar refractivity (Wildman–Crippen MR) is 148 cm³/mol. The molecular weight excluding hydrogens is 550 g/mol. The first-order valence-electron chi connectivity index (χ1n) is 13.7. The number of aliphatic hydroxyl groups is 1. The molecule has 13 heteroatoms. The van der Waals surface area contributed by atoms with Gasteiger partial charge in [0.25, 0.3) is 11.8 Å². The number of nitrogens with zero attached hydrogens (tertiary/aromatic N) is 4. The van der Waals surface area contributed by atoms with E-state index in [1.807, 2.05) is 19.1 Å². The minimum absolute atomic E-state index is 0.00235. The van der Waals surface area contributed by atoms with E-state index >= 15 is 0 Å². The smallest absolute Gasteiger partial charge is 0.333 e. The van der Waals surface area contributed by atoms with Crippen LogP contribution in [0.4, 0.5) is 8.78 Å². The molecule has 11 nitrogen and oxygen atoms in total. The van der Waals surface area contributed by atoms with Crippen LogP contribution < -0.4 is 20.5 Å². The molecule has 2 aliphatic carbocycles. The second-order valence-corrected chi connectivity index (χ2v) is 12.2. The maximum atomic E-state index is 13.8. The number of ether oxygens (including phenoxy) is 2. The number of aromatic nitrogens is 4. The van der Waals surface area contributed by atoms with E-state index in [9.17, 15) is 23.5 Å². The zero-order chi connectivity index (χ0) is 30.0. The molecule has 222 valence electrons. The van der Waals surface area contributed by atoms with Crippen LogP contribution in [0.5, 0.6) is 11.6 Å². The van der Waals surface area contributed by atoms with Crippen molar-refractivity contribution in [2.45, 2.75) is 70.8 Å². The zero-order valence-corrected chi connectivity index (χ0v) is 23.4. The van der Waals surface area contributed by atoms with Crippen LogP contribution in [0.1, 0.15) is 72.5 Å². The highest BCUT2D eigenvalue weighted by Gasteiger charge is 2.54. The lowest BCUT2D eigenvalue weighted by Crippen LogP contribution is -2.58. The molecular formula is C29H32F2N6O5. The summed E-state index contributed by atoms with van der Waals surface area (Å²) in [4.78, 5) is 25.2. The Morgan fingerprint density at radius 1 is 1.17 bits per heavy atom. The Kier molecular flexibility index (Phi) is 6.59. The molecule has 4 aromatic rings. The summed E-state index contributed by atoms with van der Waals surface area (Å²) in [6, 6.07) is 8.05. The number of carbonyl (C=O) groups excluding carboxylic acids is 2. The molecule has 0 bridgehead atoms. The fraction of sp³-hybridized carbons (Fsp3) is 0.448. The number of alkyl halides is 2. The van der Waals surface area contributed by atoms with Crippen molar-refractivity contribution in [2.24, 2.45) is 11.1 Å². The summed E-state index contributed by atoms with van der Waals surface area (Å²) in [5.41, 5.74) is 6.32. The number of fused-ring (bicyclic) bond motifs is 2. The number of hydrogen-bond acceptors (Lipinski definition) is 7. The van der Waals surface area contributed by atoms with Crippen LogP contribution in [0.2, 0.25) is 0 Å². The molecule has 0 radical (unpaired) electrons. The average molecular weight is 583 g/mol. The second-order valence-electron chi connectivity index (χ2n) is 12.2. The van der Waals surface area contributed by atoms with E-state index < -0.39 is 24.0 Å². The normalized spacial score (nSPS) is 21.9. The summed E-state index contributed by atoms with van der Waals surface area (Å²) in [7, 11) is 0. The van der Waals surface area contributed by atoms with Gasteiger partial charge in [0.1, 0.15) is 24.0 Å². The predicted octanol–water partition coefficient (Wildman–Crippen LogP) is 3.76. The summed E-state index contributed by atoms with van der Waals surface area (Å²) in [6.45, 7) is 2.07. The third kappa shape index (κ3) is 5.13. The Morgan fingerprint density at radius 3 is 2.57 bits per heavy atom. The Morgan fingerprint density at radius 2 is 1.90 bits per heavy atom. The van der Waals surface area contributed by atoms with Gasteiger partial charge in [0.05, 0.1) is 16.6 Å². The van der Waals surface area contributed by atoms with Crippen molar-refractivity contribution in [3.05, 3.63) is 53.3 Å². The molecule has 0 unspecified atom stereocenters. The molecule has 6 rings (SSSR count). The molecule has 1 aromatic carbocycles. The molecule has 0 aliphatic heterocycles. The van der Waals surface area contributed by atoms with Crippen molar-refractivity contribution in [2.75, 3.05) is 6.61 Å². The lowest BCUT2D eigenvalue weighted by Gasteiger charge is -2.57. The monoisotopic (exact) mass is 582 g/mol. The van der Waals surface area contributed by atoms with Gasteiger partial charge in [0.2, 0.25) is 5.88 Å². The summed E-state index contributed by atoms with van der Waals surface area (Å²) < 4.78 is 41.2. The number of nitrogens with one attached hydrogen (secondary N) is 1. The summed E-state index contributed by atoms with van der Waals surface area (Å²) in [6.07, 6.45) is 4.53. The Hall–Kier alpha value is -4.26. The topological polar surface area (TPSA) is 146 Å². The standard InChI is InChI=1S/C29H32F2N6O5/c1-15-6-7-36-21(8-15)22(24(32)38)26(35-36)42-18-12-29(13-18)10-16(11-29)33-25(39)23-19-5-4-17(41-14-28(2,3)40)9-20(19)37(34-23)27(30)31/h4-9,16,18,27,40H,10-14H2,1-3H3,(H2,32,38)(H,33,39). The van der Waals surface area contributed by atoms with E-state index in [0.717, 1.165) is 18.4 Å². The first kappa shape index (κ1) is 27.9. The number of halogens is 2. The fourth-order valence-corrected chi connectivity index (χ4v) is 6.05. The summed E-state index contributed by atoms with van der Waals surface area (Å²) >= 11 is 0. The van der Waals surface area contributed by atoms with Gasteiger partial charge in [-0.3, -0.25) is 9.59 Å². The van der Waals surface area contributed by atoms with Crippen molar-refractivity contribution < 1.29 is 33.0 Å². The summed E-state index contributed by atoms with van der Waals surface area (Å²) in [5, 5.41) is 21.4. The Balaban J connectivity index is 1.08. The molecule has 2 saturated carbocycles. The SMILES string of the molecule is Cc1ccn2nc(OC3CC4(CC(NC(=O)c5nn(C(F)F)c6cc(OCC(C)(C)O)ccc56)C4)C3)c(C(N)=O)c2c1. The van der Waals surface area contributed by atoms with E-state index in [2.05, 4.69) is 15.5 Å². The maximum absolute atomic E-state index is 13.8. The molecule has 3 aromatic heterocycles. The molecule has 1 spiro atoms. The minimum Gasteiger partial charge on any atom is -0.491 e. The number of hydrogen-bond donors (Lipinski definition) is 3. The number of rotatable bonds is 9. The highest BCUT2D eigenvalue weighted by atomic mass is 19.3. The number of aryl methyl sites for hydroxylation is 1. The van der Waals surface area contributed by atoms with Crippen molar-refractivity contribution in [1.82, 2.24) is 24.7 Å². The highest BCUT2D eigenvalue weighted by Crippen LogP contribution is 2.57. The Bertz CT molecular complexity index is 1690. The van der Waals surface area contributed by atoms with Gasteiger partial charge in [0.15, 0.2) is 5.69 Å². The van der Waals surface area contributed by atoms with Crippen LogP contribution >= 0.6 is 0 Å². The van der Waals surface area contributed by atoms with Crippen LogP contribution in [0.15, 0.2) is 36.5 Å². The van der Waals surface area contributed by atoms with Gasteiger partial charge in [-0.2, -0.15) is 13.9 Å². The van der Waals surface area contributed by atoms with Gasteiger partial charge in [-0.05, 0) is 81.7 Å². The van der Waals surface area contributed by atoms with Crippen molar-refractivity contribution >= 4 is 28.2 Å². The van der Waals surface area contributed by atoms with Crippen LogP contribution in [0.3, 0.4) is 0 Å². The summed E-state index contributed by atoms with van der Waals surface area (Å²) in [5.74, 6) is -0.636. The first-order valence-corrected chi connectivity index (χ1v) is 13.7. The Labute approximate surface area is 239 Å². The fourth-order valence-electron chi connectivity index (χ4n) is 6.05. The van der Waals surface area contributed by atoms with Gasteiger partial charge < -0.3 is 25.6 Å². The van der Waals surface area contributed by atoms with Gasteiger partial charge in [-0.15, -0.1) is 5.10 Å². The number of carbonyl (C=O) groups is 2. The number of benzene rings is 1. The van der Waals surface area contributed by atoms with Crippen molar-refractivity contribution in [1.29, 1.82) is 0 Å². The van der Waals surface area contributed by atoms with Crippen LogP contribution in [0.25, 0.3) is 16.4 Å². The molecule has 2 amide bonds. The van der Waals surface area contributed by atoms with Crippen LogP contribution in [-0.4, -0.2) is 60.7 Å². The molecule has 0 saturated heterocycles. The second kappa shape index (κ2) is 9.93. The highest BCUT2D eigenvalue weighted by molar-refractivity contribution is 6.05. The lowest BCUT2D eigenvalue weighted by atomic mass is 9.53. The van der Waals surface area contributed by atoms with Gasteiger partial charge in [-0.1, -0.05) is 0 Å². The quantitative estimate of drug-likeness (QED) is 0.272. The van der Waals surface area contributed by atoms with Crippen LogP contribution in [-0.2, 0) is 0 Å². The minimum atomic E-state index is -2.95. The third-order valence-corrected chi connectivity index (χ3v) is 7.97. The van der Waals surface area contributed by atoms with E-state index in [-0.39, 0.29) is 58.0 Å². The van der Waals surface area contributed by atoms with Crippen LogP contribution in [0, 0.1) is 12.3 Å². The average Bonchev–Trinajstić information content (AvgIpc) is 3.42. The molecule has 42 heavy (non-hydrogen) atoms. The number of amides is 2. The first-order chi connectivity index (χ1) is 19.8. The number of pyridine rings is 1. The zero-order valence-electron chi connectivity index (χ0n) is 23.4. The molecule has 2 fully saturated rings. The number of primary amides is 1. The molecule has 2 aliphatic rings. The van der Waals surface area contributed by atoms with Gasteiger partial charge >= 0.3 is 6.55 Å². The van der Waals surface area contributed by atoms with E-state index in [1.54, 1.807) is 30.6 Å². The molecule has 3 heterocycles. The van der Waals surface area contributed by atoms with E-state index in [0.29, 0.717) is 23.0 Å².